The van der Waals surface area contributed by atoms with Crippen molar-refractivity contribution in [3.05, 3.63) is 29.8 Å². The molecule has 0 atom stereocenters. The van der Waals surface area contributed by atoms with Crippen LogP contribution in [0.2, 0.25) is 0 Å². The summed E-state index contributed by atoms with van der Waals surface area (Å²) >= 11 is 0. The van der Waals surface area contributed by atoms with Crippen LogP contribution >= 0.6 is 0 Å². The molecule has 2 amide bonds. The van der Waals surface area contributed by atoms with Crippen LogP contribution in [0.3, 0.4) is 0 Å². The number of rotatable bonds is 1. The second-order valence-corrected chi connectivity index (χ2v) is 3.76. The summed E-state index contributed by atoms with van der Waals surface area (Å²) in [5.41, 5.74) is 13.4. The first-order chi connectivity index (χ1) is 7.58. The second kappa shape index (κ2) is 3.99. The van der Waals surface area contributed by atoms with Gasteiger partial charge in [-0.3, -0.25) is 10.0 Å². The first-order valence-corrected chi connectivity index (χ1v) is 4.97. The van der Waals surface area contributed by atoms with Crippen LogP contribution in [0, 0.1) is 0 Å². The Balaban J connectivity index is 2.17. The van der Waals surface area contributed by atoms with Crippen LogP contribution in [-0.2, 0) is 0 Å². The first kappa shape index (κ1) is 10.7. The standard InChI is InChI=1S/C10H15N5O/c1-14-10(16)15(2)13-9(12-14)7-3-5-8(11)6-4-7/h3-6,9,12-13H,11H2,1-2H3. The van der Waals surface area contributed by atoms with E-state index in [0.29, 0.717) is 0 Å². The van der Waals surface area contributed by atoms with Crippen LogP contribution in [0.25, 0.3) is 0 Å². The average Bonchev–Trinajstić information content (AvgIpc) is 2.26. The van der Waals surface area contributed by atoms with Crippen LogP contribution < -0.4 is 16.6 Å². The smallest absolute Gasteiger partial charge is 0.348 e. The Labute approximate surface area is 93.9 Å². The van der Waals surface area contributed by atoms with E-state index in [1.807, 2.05) is 24.3 Å². The lowest BCUT2D eigenvalue weighted by atomic mass is 10.1. The van der Waals surface area contributed by atoms with Crippen molar-refractivity contribution in [3.8, 4) is 0 Å². The molecule has 0 aromatic heterocycles. The molecule has 4 N–H and O–H groups in total. The number of hydrazine groups is 2. The number of carbonyl (C=O) groups excluding carboxylic acids is 1. The molecule has 1 saturated heterocycles. The SMILES string of the molecule is CN1NC(c2ccc(N)cc2)NN(C)C1=O. The van der Waals surface area contributed by atoms with Gasteiger partial charge in [0.25, 0.3) is 0 Å². The Morgan fingerprint density at radius 3 is 2.12 bits per heavy atom. The van der Waals surface area contributed by atoms with Crippen molar-refractivity contribution in [1.82, 2.24) is 20.9 Å². The highest BCUT2D eigenvalue weighted by molar-refractivity contribution is 5.73. The van der Waals surface area contributed by atoms with Gasteiger partial charge in [-0.1, -0.05) is 12.1 Å². The summed E-state index contributed by atoms with van der Waals surface area (Å²) in [4.78, 5) is 11.5. The Kier molecular flexibility index (Phi) is 2.67. The Morgan fingerprint density at radius 2 is 1.62 bits per heavy atom. The van der Waals surface area contributed by atoms with Gasteiger partial charge in [-0.2, -0.15) is 0 Å². The van der Waals surface area contributed by atoms with Crippen molar-refractivity contribution in [1.29, 1.82) is 0 Å². The number of urea groups is 1. The number of nitrogens with two attached hydrogens (primary N) is 1. The van der Waals surface area contributed by atoms with Crippen LogP contribution in [-0.4, -0.2) is 30.1 Å². The molecule has 2 rings (SSSR count). The molecular formula is C10H15N5O. The monoisotopic (exact) mass is 221 g/mol. The molecule has 1 heterocycles. The van der Waals surface area contributed by atoms with E-state index in [4.69, 9.17) is 5.73 Å². The van der Waals surface area contributed by atoms with Crippen LogP contribution in [0.1, 0.15) is 11.7 Å². The Hall–Kier alpha value is -1.79. The van der Waals surface area contributed by atoms with E-state index in [0.717, 1.165) is 11.3 Å². The normalized spacial score (nSPS) is 18.0. The molecule has 86 valence electrons. The second-order valence-electron chi connectivity index (χ2n) is 3.76. The molecule has 0 saturated carbocycles. The summed E-state index contributed by atoms with van der Waals surface area (Å²) in [7, 11) is 3.37. The lowest BCUT2D eigenvalue weighted by Gasteiger charge is -2.38. The van der Waals surface area contributed by atoms with E-state index < -0.39 is 0 Å². The highest BCUT2D eigenvalue weighted by atomic mass is 16.2. The summed E-state index contributed by atoms with van der Waals surface area (Å²) in [5.74, 6) is 0. The number of hydrogen-bond donors (Lipinski definition) is 3. The number of anilines is 1. The number of benzene rings is 1. The van der Waals surface area contributed by atoms with Gasteiger partial charge in [0.15, 0.2) is 0 Å². The largest absolute Gasteiger partial charge is 0.399 e. The fourth-order valence-electron chi connectivity index (χ4n) is 1.59. The zero-order chi connectivity index (χ0) is 11.7. The fourth-order valence-corrected chi connectivity index (χ4v) is 1.59. The van der Waals surface area contributed by atoms with Gasteiger partial charge in [-0.15, -0.1) is 0 Å². The summed E-state index contributed by atoms with van der Waals surface area (Å²) in [6, 6.07) is 7.35. The topological polar surface area (TPSA) is 73.6 Å². The molecule has 0 spiro atoms. The third kappa shape index (κ3) is 1.93. The zero-order valence-corrected chi connectivity index (χ0v) is 9.27. The maximum absolute atomic E-state index is 11.5. The van der Waals surface area contributed by atoms with Gasteiger partial charge in [0.2, 0.25) is 0 Å². The quantitative estimate of drug-likeness (QED) is 0.595. The van der Waals surface area contributed by atoms with Gasteiger partial charge in [-0.05, 0) is 17.7 Å². The highest BCUT2D eigenvalue weighted by Gasteiger charge is 2.26. The summed E-state index contributed by atoms with van der Waals surface area (Å²) < 4.78 is 0. The van der Waals surface area contributed by atoms with E-state index in [-0.39, 0.29) is 12.2 Å². The van der Waals surface area contributed by atoms with E-state index >= 15 is 0 Å². The molecule has 6 nitrogen and oxygen atoms in total. The van der Waals surface area contributed by atoms with Crippen molar-refractivity contribution in [3.63, 3.8) is 0 Å². The van der Waals surface area contributed by atoms with Crippen LogP contribution in [0.15, 0.2) is 24.3 Å². The molecule has 1 aromatic rings. The van der Waals surface area contributed by atoms with Crippen molar-refractivity contribution in [2.75, 3.05) is 19.8 Å². The number of nitrogens with one attached hydrogen (secondary N) is 2. The predicted molar refractivity (Wildman–Crippen MR) is 60.8 cm³/mol. The minimum absolute atomic E-state index is 0.131. The number of carbonyl (C=O) groups is 1. The first-order valence-electron chi connectivity index (χ1n) is 4.97. The van der Waals surface area contributed by atoms with Crippen LogP contribution in [0.5, 0.6) is 0 Å². The lowest BCUT2D eigenvalue weighted by molar-refractivity contribution is 0.0580. The van der Waals surface area contributed by atoms with E-state index in [2.05, 4.69) is 10.9 Å². The van der Waals surface area contributed by atoms with E-state index in [9.17, 15) is 4.79 Å². The molecule has 1 aromatic carbocycles. The van der Waals surface area contributed by atoms with Gasteiger partial charge in [-0.25, -0.2) is 15.6 Å². The van der Waals surface area contributed by atoms with Crippen molar-refractivity contribution in [2.45, 2.75) is 6.17 Å². The molecule has 0 unspecified atom stereocenters. The Bertz CT molecular complexity index is 377. The van der Waals surface area contributed by atoms with Crippen molar-refractivity contribution < 1.29 is 4.79 Å². The van der Waals surface area contributed by atoms with E-state index in [1.54, 1.807) is 14.1 Å². The summed E-state index contributed by atoms with van der Waals surface area (Å²) in [5, 5.41) is 2.88. The minimum atomic E-state index is -0.133. The number of amides is 2. The van der Waals surface area contributed by atoms with Gasteiger partial charge in [0, 0.05) is 19.8 Å². The molecule has 0 aliphatic carbocycles. The number of nitrogens with zero attached hydrogens (tertiary/aromatic N) is 2. The van der Waals surface area contributed by atoms with Gasteiger partial charge in [0.05, 0.1) is 0 Å². The maximum atomic E-state index is 11.5. The van der Waals surface area contributed by atoms with Gasteiger partial charge in [0.1, 0.15) is 6.17 Å². The maximum Gasteiger partial charge on any atom is 0.348 e. The molecule has 0 radical (unpaired) electrons. The van der Waals surface area contributed by atoms with Gasteiger partial charge >= 0.3 is 6.03 Å². The molecule has 16 heavy (non-hydrogen) atoms. The fraction of sp³-hybridized carbons (Fsp3) is 0.300. The average molecular weight is 221 g/mol. The molecule has 6 heteroatoms. The van der Waals surface area contributed by atoms with E-state index in [1.165, 1.54) is 10.0 Å². The third-order valence-electron chi connectivity index (χ3n) is 2.49. The molecular weight excluding hydrogens is 206 g/mol. The minimum Gasteiger partial charge on any atom is -0.399 e. The molecule has 1 aliphatic heterocycles. The van der Waals surface area contributed by atoms with Gasteiger partial charge < -0.3 is 5.73 Å². The molecule has 0 bridgehead atoms. The number of hydrogen-bond acceptors (Lipinski definition) is 4. The molecule has 1 aliphatic rings. The summed E-state index contributed by atoms with van der Waals surface area (Å²) in [6.07, 6.45) is -0.131. The molecule has 1 fully saturated rings. The lowest BCUT2D eigenvalue weighted by Crippen LogP contribution is -2.62. The number of nitrogen functional groups attached to an aromatic ring is 1. The van der Waals surface area contributed by atoms with Crippen LogP contribution in [0.4, 0.5) is 10.5 Å². The van der Waals surface area contributed by atoms with Crippen molar-refractivity contribution >= 4 is 11.7 Å². The van der Waals surface area contributed by atoms with Crippen molar-refractivity contribution in [2.24, 2.45) is 0 Å². The third-order valence-corrected chi connectivity index (χ3v) is 2.49. The highest BCUT2D eigenvalue weighted by Crippen LogP contribution is 2.15. The Morgan fingerprint density at radius 1 is 1.12 bits per heavy atom. The predicted octanol–water partition coefficient (Wildman–Crippen LogP) is 0.274. The summed E-state index contributed by atoms with van der Waals surface area (Å²) in [6.45, 7) is 0. The zero-order valence-electron chi connectivity index (χ0n) is 9.27.